The largest absolute Gasteiger partial charge is 0.0683 e. The van der Waals surface area contributed by atoms with Gasteiger partial charge in [0.2, 0.25) is 0 Å². The molecule has 158 valence electrons. The maximum Gasteiger partial charge on any atom is -0.0224 e. The Kier molecular flexibility index (Phi) is 11.2. The Balaban J connectivity index is 0.00000106. The molecule has 0 radical (unpaired) electrons. The zero-order chi connectivity index (χ0) is 22.5. The quantitative estimate of drug-likeness (QED) is 0.384. The average molecular weight is 399 g/mol. The Hall–Kier alpha value is -2.86. The first-order valence-corrected chi connectivity index (χ1v) is 11.1. The Morgan fingerprint density at radius 2 is 0.700 bits per heavy atom. The van der Waals surface area contributed by atoms with Crippen molar-refractivity contribution in [1.29, 1.82) is 0 Å². The van der Waals surface area contributed by atoms with Gasteiger partial charge in [-0.25, -0.2) is 0 Å². The van der Waals surface area contributed by atoms with Gasteiger partial charge < -0.3 is 0 Å². The molecule has 0 unspecified atom stereocenters. The van der Waals surface area contributed by atoms with E-state index in [1.54, 1.807) is 0 Å². The molecule has 0 spiro atoms. The van der Waals surface area contributed by atoms with Crippen molar-refractivity contribution in [2.75, 3.05) is 0 Å². The number of aryl methyl sites for hydroxylation is 4. The van der Waals surface area contributed by atoms with Crippen LogP contribution in [0.2, 0.25) is 0 Å². The van der Waals surface area contributed by atoms with E-state index in [1.165, 1.54) is 44.5 Å². The molecule has 0 aliphatic carbocycles. The third-order valence-corrected chi connectivity index (χ3v) is 4.92. The van der Waals surface area contributed by atoms with Crippen LogP contribution in [0.5, 0.6) is 0 Å². The first-order chi connectivity index (χ1) is 14.5. The van der Waals surface area contributed by atoms with E-state index in [0.717, 1.165) is 0 Å². The molecule has 0 aromatic heterocycles. The zero-order valence-corrected chi connectivity index (χ0v) is 20.1. The molecule has 30 heavy (non-hydrogen) atoms. The SMILES string of the molecule is CC.CC.Cc1ccccc1C=Cc1cc(C)c(C=Cc2ccccc2C)cc1C. The normalized spacial score (nSPS) is 10.4. The van der Waals surface area contributed by atoms with Gasteiger partial charge in [0.15, 0.2) is 0 Å². The molecule has 0 atom stereocenters. The highest BCUT2D eigenvalue weighted by atomic mass is 14.1. The smallest absolute Gasteiger partial charge is 0.0224 e. The van der Waals surface area contributed by atoms with Gasteiger partial charge >= 0.3 is 0 Å². The number of hydrogen-bond donors (Lipinski definition) is 0. The Labute approximate surface area is 185 Å². The Bertz CT molecular complexity index is 890. The van der Waals surface area contributed by atoms with E-state index in [1.807, 2.05) is 27.7 Å². The van der Waals surface area contributed by atoms with Crippen molar-refractivity contribution >= 4 is 24.3 Å². The molecule has 0 heteroatoms. The van der Waals surface area contributed by atoms with Gasteiger partial charge in [-0.15, -0.1) is 0 Å². The van der Waals surface area contributed by atoms with Gasteiger partial charge in [0, 0.05) is 0 Å². The van der Waals surface area contributed by atoms with Crippen molar-refractivity contribution in [1.82, 2.24) is 0 Å². The molecule has 0 fully saturated rings. The Morgan fingerprint density at radius 3 is 1.03 bits per heavy atom. The highest BCUT2D eigenvalue weighted by molar-refractivity contribution is 5.77. The van der Waals surface area contributed by atoms with Crippen LogP contribution in [0.1, 0.15) is 72.2 Å². The van der Waals surface area contributed by atoms with Gasteiger partial charge in [-0.3, -0.25) is 0 Å². The summed E-state index contributed by atoms with van der Waals surface area (Å²) in [5.41, 5.74) is 10.3. The average Bonchev–Trinajstić information content (AvgIpc) is 2.78. The minimum absolute atomic E-state index is 1.27. The summed E-state index contributed by atoms with van der Waals surface area (Å²) in [6.07, 6.45) is 8.86. The van der Waals surface area contributed by atoms with Crippen molar-refractivity contribution in [3.63, 3.8) is 0 Å². The third-order valence-electron chi connectivity index (χ3n) is 4.92. The number of rotatable bonds is 4. The van der Waals surface area contributed by atoms with Crippen LogP contribution in [-0.2, 0) is 0 Å². The maximum atomic E-state index is 2.28. The van der Waals surface area contributed by atoms with Crippen molar-refractivity contribution in [3.8, 4) is 0 Å². The van der Waals surface area contributed by atoms with E-state index < -0.39 is 0 Å². The van der Waals surface area contributed by atoms with Crippen LogP contribution in [0.4, 0.5) is 0 Å². The molecule has 3 aromatic carbocycles. The summed E-state index contributed by atoms with van der Waals surface area (Å²) in [5.74, 6) is 0. The molecule has 0 heterocycles. The maximum absolute atomic E-state index is 2.28. The second-order valence-corrected chi connectivity index (χ2v) is 6.95. The molecule has 0 bridgehead atoms. The van der Waals surface area contributed by atoms with Gasteiger partial charge in [-0.1, -0.05) is 113 Å². The van der Waals surface area contributed by atoms with Crippen molar-refractivity contribution in [2.45, 2.75) is 55.4 Å². The lowest BCUT2D eigenvalue weighted by atomic mass is 9.97. The molecule has 3 aromatic rings. The Morgan fingerprint density at radius 1 is 0.400 bits per heavy atom. The summed E-state index contributed by atoms with van der Waals surface area (Å²) in [5, 5.41) is 0. The van der Waals surface area contributed by atoms with Gasteiger partial charge in [-0.2, -0.15) is 0 Å². The lowest BCUT2D eigenvalue weighted by molar-refractivity contribution is 1.36. The second-order valence-electron chi connectivity index (χ2n) is 6.95. The molecule has 0 saturated heterocycles. The van der Waals surface area contributed by atoms with Gasteiger partial charge in [0.25, 0.3) is 0 Å². The van der Waals surface area contributed by atoms with Crippen molar-refractivity contribution in [3.05, 3.63) is 105 Å². The standard InChI is InChI=1S/C26H26.2C2H6/c1-19-9-5-7-11-23(19)13-15-25-17-22(4)26(18-21(25)3)16-14-24-12-8-6-10-20(24)2;2*1-2/h5-18H,1-4H3;2*1-2H3. The van der Waals surface area contributed by atoms with Gasteiger partial charge in [0.1, 0.15) is 0 Å². The van der Waals surface area contributed by atoms with Crippen LogP contribution in [-0.4, -0.2) is 0 Å². The fraction of sp³-hybridized carbons (Fsp3) is 0.267. The van der Waals surface area contributed by atoms with Crippen LogP contribution >= 0.6 is 0 Å². The molecular formula is C30H38. The summed E-state index contributed by atoms with van der Waals surface area (Å²) in [6.45, 7) is 16.7. The van der Waals surface area contributed by atoms with E-state index in [4.69, 9.17) is 0 Å². The highest BCUT2D eigenvalue weighted by Crippen LogP contribution is 2.22. The van der Waals surface area contributed by atoms with Crippen molar-refractivity contribution < 1.29 is 0 Å². The number of hydrogen-bond acceptors (Lipinski definition) is 0. The summed E-state index contributed by atoms with van der Waals surface area (Å²) >= 11 is 0. The summed E-state index contributed by atoms with van der Waals surface area (Å²) in [4.78, 5) is 0. The summed E-state index contributed by atoms with van der Waals surface area (Å²) in [7, 11) is 0. The van der Waals surface area contributed by atoms with E-state index >= 15 is 0 Å². The molecule has 0 aliphatic heterocycles. The van der Waals surface area contributed by atoms with Crippen molar-refractivity contribution in [2.24, 2.45) is 0 Å². The van der Waals surface area contributed by atoms with E-state index in [0.29, 0.717) is 0 Å². The minimum atomic E-state index is 1.27. The molecule has 0 amide bonds. The van der Waals surface area contributed by atoms with E-state index in [9.17, 15) is 0 Å². The first kappa shape index (κ1) is 25.2. The first-order valence-electron chi connectivity index (χ1n) is 11.1. The molecule has 0 saturated carbocycles. The fourth-order valence-electron chi connectivity index (χ4n) is 3.13. The lowest BCUT2D eigenvalue weighted by Gasteiger charge is -2.08. The van der Waals surface area contributed by atoms with Crippen LogP contribution < -0.4 is 0 Å². The minimum Gasteiger partial charge on any atom is -0.0683 e. The lowest BCUT2D eigenvalue weighted by Crippen LogP contribution is -1.88. The summed E-state index contributed by atoms with van der Waals surface area (Å²) < 4.78 is 0. The molecular weight excluding hydrogens is 360 g/mol. The summed E-state index contributed by atoms with van der Waals surface area (Å²) in [6, 6.07) is 21.5. The topological polar surface area (TPSA) is 0 Å². The van der Waals surface area contributed by atoms with Crippen LogP contribution in [0.3, 0.4) is 0 Å². The van der Waals surface area contributed by atoms with E-state index in [2.05, 4.69) is 113 Å². The number of benzene rings is 3. The molecule has 0 nitrogen and oxygen atoms in total. The van der Waals surface area contributed by atoms with Crippen LogP contribution in [0.25, 0.3) is 24.3 Å². The fourth-order valence-corrected chi connectivity index (χ4v) is 3.13. The predicted octanol–water partition coefficient (Wildman–Crippen LogP) is 9.31. The predicted molar refractivity (Wildman–Crippen MR) is 139 cm³/mol. The molecule has 0 aliphatic rings. The van der Waals surface area contributed by atoms with Gasteiger partial charge in [0.05, 0.1) is 0 Å². The highest BCUT2D eigenvalue weighted by Gasteiger charge is 2.02. The van der Waals surface area contributed by atoms with Gasteiger partial charge in [-0.05, 0) is 72.2 Å². The van der Waals surface area contributed by atoms with Crippen LogP contribution in [0, 0.1) is 27.7 Å². The molecule has 0 N–H and O–H groups in total. The second kappa shape index (κ2) is 13.4. The van der Waals surface area contributed by atoms with Crippen LogP contribution in [0.15, 0.2) is 60.7 Å². The van der Waals surface area contributed by atoms with E-state index in [-0.39, 0.29) is 0 Å². The zero-order valence-electron chi connectivity index (χ0n) is 20.1. The third kappa shape index (κ3) is 7.19. The monoisotopic (exact) mass is 398 g/mol. The molecule has 3 rings (SSSR count).